The summed E-state index contributed by atoms with van der Waals surface area (Å²) in [7, 11) is 0. The zero-order valence-electron chi connectivity index (χ0n) is 16.6. The van der Waals surface area contributed by atoms with E-state index in [4.69, 9.17) is 5.10 Å². The highest BCUT2D eigenvalue weighted by Gasteiger charge is 2.45. The molecule has 1 atom stereocenters. The van der Waals surface area contributed by atoms with Crippen LogP contribution in [0.25, 0.3) is 16.3 Å². The first kappa shape index (κ1) is 18.6. The molecule has 0 aliphatic heterocycles. The molecule has 0 radical (unpaired) electrons. The summed E-state index contributed by atoms with van der Waals surface area (Å²) < 4.78 is 1.82. The van der Waals surface area contributed by atoms with Crippen molar-refractivity contribution in [1.82, 2.24) is 9.78 Å². The summed E-state index contributed by atoms with van der Waals surface area (Å²) >= 11 is 1.56. The SMILES string of the molecule is CC(C)c1ccc(-n2nc(-c3cccs3)c3c2C(C#N)C(C)(C)CC3=O)cc1. The Morgan fingerprint density at radius 2 is 1.96 bits per heavy atom. The second-order valence-corrected chi connectivity index (χ2v) is 9.34. The minimum atomic E-state index is -0.429. The lowest BCUT2D eigenvalue weighted by Gasteiger charge is -2.34. The predicted octanol–water partition coefficient (Wildman–Crippen LogP) is 5.94. The number of aromatic nitrogens is 2. The van der Waals surface area contributed by atoms with Gasteiger partial charge in [0.25, 0.3) is 0 Å². The number of thiophene rings is 1. The lowest BCUT2D eigenvalue weighted by atomic mass is 9.68. The van der Waals surface area contributed by atoms with Gasteiger partial charge in [0.1, 0.15) is 5.69 Å². The number of Topliss-reactive ketones (excluding diaryl/α,β-unsaturated/α-hetero) is 1. The van der Waals surface area contributed by atoms with Gasteiger partial charge < -0.3 is 0 Å². The Labute approximate surface area is 169 Å². The van der Waals surface area contributed by atoms with Crippen molar-refractivity contribution < 1.29 is 4.79 Å². The van der Waals surface area contributed by atoms with E-state index >= 15 is 0 Å². The van der Waals surface area contributed by atoms with E-state index in [1.807, 2.05) is 48.2 Å². The summed E-state index contributed by atoms with van der Waals surface area (Å²) in [5.41, 5.74) is 3.73. The third-order valence-electron chi connectivity index (χ3n) is 5.56. The second-order valence-electron chi connectivity index (χ2n) is 8.39. The monoisotopic (exact) mass is 389 g/mol. The van der Waals surface area contributed by atoms with E-state index < -0.39 is 11.3 Å². The molecule has 1 aliphatic rings. The molecule has 0 bridgehead atoms. The van der Waals surface area contributed by atoms with Crippen molar-refractivity contribution in [3.8, 4) is 22.3 Å². The first-order valence-corrected chi connectivity index (χ1v) is 10.4. The van der Waals surface area contributed by atoms with Gasteiger partial charge in [0, 0.05) is 6.42 Å². The summed E-state index contributed by atoms with van der Waals surface area (Å²) in [5.74, 6) is 0.112. The fourth-order valence-electron chi connectivity index (χ4n) is 3.97. The Morgan fingerprint density at radius 1 is 1.25 bits per heavy atom. The van der Waals surface area contributed by atoms with Crippen LogP contribution < -0.4 is 0 Å². The van der Waals surface area contributed by atoms with Crippen molar-refractivity contribution in [2.24, 2.45) is 5.41 Å². The number of hydrogen-bond donors (Lipinski definition) is 0. The maximum atomic E-state index is 13.1. The molecular weight excluding hydrogens is 366 g/mol. The number of carbonyl (C=O) groups excluding carboxylic acids is 1. The van der Waals surface area contributed by atoms with E-state index in [-0.39, 0.29) is 5.78 Å². The summed E-state index contributed by atoms with van der Waals surface area (Å²) in [6.45, 7) is 8.30. The van der Waals surface area contributed by atoms with Crippen LogP contribution in [0.2, 0.25) is 0 Å². The molecule has 0 spiro atoms. The third-order valence-corrected chi connectivity index (χ3v) is 6.44. The highest BCUT2D eigenvalue weighted by molar-refractivity contribution is 7.13. The van der Waals surface area contributed by atoms with Crippen molar-refractivity contribution in [2.75, 3.05) is 0 Å². The van der Waals surface area contributed by atoms with Gasteiger partial charge in [-0.2, -0.15) is 10.4 Å². The quantitative estimate of drug-likeness (QED) is 0.556. The van der Waals surface area contributed by atoms with Crippen LogP contribution in [0.3, 0.4) is 0 Å². The predicted molar refractivity (Wildman–Crippen MR) is 112 cm³/mol. The van der Waals surface area contributed by atoms with E-state index in [9.17, 15) is 10.1 Å². The molecule has 1 aliphatic carbocycles. The second kappa shape index (κ2) is 6.72. The topological polar surface area (TPSA) is 58.7 Å². The number of nitrogens with zero attached hydrogens (tertiary/aromatic N) is 3. The van der Waals surface area contributed by atoms with Gasteiger partial charge >= 0.3 is 0 Å². The summed E-state index contributed by atoms with van der Waals surface area (Å²) in [6.07, 6.45) is 0.356. The molecule has 4 rings (SSSR count). The van der Waals surface area contributed by atoms with Crippen LogP contribution in [-0.2, 0) is 0 Å². The highest BCUT2D eigenvalue weighted by atomic mass is 32.1. The van der Waals surface area contributed by atoms with Gasteiger partial charge in [-0.25, -0.2) is 4.68 Å². The first-order valence-electron chi connectivity index (χ1n) is 9.53. The van der Waals surface area contributed by atoms with E-state index in [1.165, 1.54) is 5.56 Å². The van der Waals surface area contributed by atoms with Gasteiger partial charge in [-0.15, -0.1) is 11.3 Å². The van der Waals surface area contributed by atoms with Gasteiger partial charge in [-0.05, 0) is 40.5 Å². The van der Waals surface area contributed by atoms with Gasteiger partial charge in [0.05, 0.1) is 33.8 Å². The van der Waals surface area contributed by atoms with E-state index in [0.717, 1.165) is 16.3 Å². The van der Waals surface area contributed by atoms with Crippen molar-refractivity contribution in [3.63, 3.8) is 0 Å². The number of fused-ring (bicyclic) bond motifs is 1. The molecule has 1 aromatic carbocycles. The lowest BCUT2D eigenvalue weighted by Crippen LogP contribution is -2.32. The minimum absolute atomic E-state index is 0.0694. The average Bonchev–Trinajstić information content (AvgIpc) is 3.29. The molecule has 5 heteroatoms. The summed E-state index contributed by atoms with van der Waals surface area (Å²) in [5, 5.41) is 16.8. The van der Waals surface area contributed by atoms with Gasteiger partial charge in [-0.1, -0.05) is 45.9 Å². The van der Waals surface area contributed by atoms with Crippen molar-refractivity contribution in [2.45, 2.75) is 46.0 Å². The fraction of sp³-hybridized carbons (Fsp3) is 0.348. The minimum Gasteiger partial charge on any atom is -0.294 e. The third kappa shape index (κ3) is 2.89. The number of carbonyl (C=O) groups is 1. The van der Waals surface area contributed by atoms with Crippen LogP contribution in [0.4, 0.5) is 0 Å². The Morgan fingerprint density at radius 3 is 2.54 bits per heavy atom. The zero-order valence-corrected chi connectivity index (χ0v) is 17.4. The number of benzene rings is 1. The van der Waals surface area contributed by atoms with Crippen molar-refractivity contribution in [3.05, 3.63) is 58.6 Å². The molecule has 0 saturated carbocycles. The number of ketones is 1. The van der Waals surface area contributed by atoms with E-state index in [2.05, 4.69) is 32.0 Å². The maximum absolute atomic E-state index is 13.1. The molecule has 3 aromatic rings. The van der Waals surface area contributed by atoms with E-state index in [1.54, 1.807) is 11.3 Å². The average molecular weight is 390 g/mol. The van der Waals surface area contributed by atoms with Crippen molar-refractivity contribution >= 4 is 17.1 Å². The normalized spacial score (nSPS) is 18.1. The number of rotatable bonds is 3. The molecular formula is C23H23N3OS. The van der Waals surface area contributed by atoms with Crippen LogP contribution in [-0.4, -0.2) is 15.6 Å². The Bertz CT molecular complexity index is 1070. The number of hydrogen-bond acceptors (Lipinski definition) is 4. The molecule has 2 heterocycles. The van der Waals surface area contributed by atoms with Gasteiger partial charge in [-0.3, -0.25) is 4.79 Å². The van der Waals surface area contributed by atoms with Gasteiger partial charge in [0.2, 0.25) is 0 Å². The highest BCUT2D eigenvalue weighted by Crippen LogP contribution is 2.48. The van der Waals surface area contributed by atoms with Crippen LogP contribution in [0.1, 0.15) is 67.6 Å². The Kier molecular flexibility index (Phi) is 4.47. The Hall–Kier alpha value is -2.71. The van der Waals surface area contributed by atoms with Crippen molar-refractivity contribution in [1.29, 1.82) is 5.26 Å². The zero-order chi connectivity index (χ0) is 20.1. The Balaban J connectivity index is 1.98. The van der Waals surface area contributed by atoms with Crippen LogP contribution in [0, 0.1) is 16.7 Å². The lowest BCUT2D eigenvalue weighted by molar-refractivity contribution is 0.0900. The van der Waals surface area contributed by atoms with E-state index in [0.29, 0.717) is 23.6 Å². The van der Waals surface area contributed by atoms with Crippen LogP contribution in [0.5, 0.6) is 0 Å². The molecule has 1 unspecified atom stereocenters. The van der Waals surface area contributed by atoms with Crippen LogP contribution >= 0.6 is 11.3 Å². The molecule has 0 N–H and O–H groups in total. The molecule has 0 saturated heterocycles. The largest absolute Gasteiger partial charge is 0.294 e. The molecule has 28 heavy (non-hydrogen) atoms. The first-order chi connectivity index (χ1) is 13.3. The smallest absolute Gasteiger partial charge is 0.167 e. The van der Waals surface area contributed by atoms with Crippen LogP contribution in [0.15, 0.2) is 41.8 Å². The molecule has 142 valence electrons. The molecule has 2 aromatic heterocycles. The van der Waals surface area contributed by atoms with Gasteiger partial charge in [0.15, 0.2) is 5.78 Å². The maximum Gasteiger partial charge on any atom is 0.167 e. The standard InChI is InChI=1S/C23H23N3OS/c1-14(2)15-7-9-16(10-8-15)26-22-17(13-24)23(3,4)12-18(27)20(22)21(25-26)19-6-5-11-28-19/h5-11,14,17H,12H2,1-4H3. The fourth-order valence-corrected chi connectivity index (χ4v) is 4.68. The molecule has 0 fully saturated rings. The summed E-state index contributed by atoms with van der Waals surface area (Å²) in [6, 6.07) is 14.6. The molecule has 4 nitrogen and oxygen atoms in total. The molecule has 0 amide bonds. The summed E-state index contributed by atoms with van der Waals surface area (Å²) in [4.78, 5) is 14.1. The number of nitriles is 1.